The number of likely N-dealkylation sites (N-methyl/N-ethyl adjacent to an activating group) is 1. The smallest absolute Gasteiger partial charge is 0.320 e. The Hall–Kier alpha value is -2.40. The van der Waals surface area contributed by atoms with E-state index in [9.17, 15) is 4.79 Å². The number of ether oxygens (including phenoxy) is 1. The number of rotatable bonds is 7. The first-order valence-electron chi connectivity index (χ1n) is 7.94. The molecular weight excluding hydrogens is 304 g/mol. The number of pyridine rings is 1. The van der Waals surface area contributed by atoms with Crippen LogP contribution in [-0.4, -0.2) is 34.0 Å². The minimum atomic E-state index is -0.818. The monoisotopic (exact) mass is 328 g/mol. The fraction of sp³-hybridized carbons (Fsp3) is 0.368. The maximum absolute atomic E-state index is 11.1. The Morgan fingerprint density at radius 3 is 2.50 bits per heavy atom. The van der Waals surface area contributed by atoms with Gasteiger partial charge in [-0.1, -0.05) is 18.2 Å². The highest BCUT2D eigenvalue weighted by molar-refractivity contribution is 5.72. The van der Waals surface area contributed by atoms with E-state index in [0.717, 1.165) is 28.1 Å². The van der Waals surface area contributed by atoms with Crippen molar-refractivity contribution in [2.75, 3.05) is 7.05 Å². The maximum atomic E-state index is 11.1. The highest BCUT2D eigenvalue weighted by atomic mass is 16.5. The second-order valence-electron chi connectivity index (χ2n) is 6.10. The molecule has 1 N–H and O–H groups in total. The molecule has 2 rings (SSSR count). The lowest BCUT2D eigenvalue weighted by Gasteiger charge is -2.22. The number of aryl methyl sites for hydroxylation is 2. The average Bonchev–Trinajstić information content (AvgIpc) is 2.54. The summed E-state index contributed by atoms with van der Waals surface area (Å²) in [5.74, 6) is 0.0413. The van der Waals surface area contributed by atoms with E-state index in [-0.39, 0.29) is 0 Å². The number of carbonyl (C=O) groups is 1. The van der Waals surface area contributed by atoms with Gasteiger partial charge in [-0.3, -0.25) is 14.7 Å². The largest absolute Gasteiger partial charge is 0.487 e. The van der Waals surface area contributed by atoms with Crippen molar-refractivity contribution >= 4 is 5.97 Å². The first-order chi connectivity index (χ1) is 11.4. The molecule has 1 aromatic carbocycles. The van der Waals surface area contributed by atoms with Crippen LogP contribution in [0, 0.1) is 13.8 Å². The van der Waals surface area contributed by atoms with Gasteiger partial charge in [0, 0.05) is 12.7 Å². The number of hydrogen-bond donors (Lipinski definition) is 1. The van der Waals surface area contributed by atoms with Gasteiger partial charge in [-0.15, -0.1) is 0 Å². The van der Waals surface area contributed by atoms with Crippen LogP contribution in [0.5, 0.6) is 5.75 Å². The molecule has 0 amide bonds. The Balaban J connectivity index is 2.09. The predicted molar refractivity (Wildman–Crippen MR) is 93.0 cm³/mol. The molecule has 0 saturated carbocycles. The van der Waals surface area contributed by atoms with E-state index in [2.05, 4.69) is 4.98 Å². The summed E-state index contributed by atoms with van der Waals surface area (Å²) in [5.41, 5.74) is 4.04. The van der Waals surface area contributed by atoms with Gasteiger partial charge >= 0.3 is 5.97 Å². The number of carboxylic acid groups (broad SMARTS) is 1. The van der Waals surface area contributed by atoms with Crippen molar-refractivity contribution in [1.29, 1.82) is 0 Å². The molecule has 0 fully saturated rings. The van der Waals surface area contributed by atoms with Crippen molar-refractivity contribution in [3.8, 4) is 5.75 Å². The number of benzene rings is 1. The first-order valence-corrected chi connectivity index (χ1v) is 7.94. The third-order valence-electron chi connectivity index (χ3n) is 4.06. The van der Waals surface area contributed by atoms with E-state index in [1.54, 1.807) is 13.1 Å². The van der Waals surface area contributed by atoms with Crippen molar-refractivity contribution in [3.05, 3.63) is 58.9 Å². The molecule has 1 unspecified atom stereocenters. The zero-order valence-corrected chi connectivity index (χ0v) is 14.6. The Labute approximate surface area is 142 Å². The second kappa shape index (κ2) is 7.93. The van der Waals surface area contributed by atoms with Gasteiger partial charge in [0.05, 0.1) is 5.69 Å². The van der Waals surface area contributed by atoms with Crippen LogP contribution in [0.25, 0.3) is 0 Å². The van der Waals surface area contributed by atoms with Crippen LogP contribution < -0.4 is 4.74 Å². The van der Waals surface area contributed by atoms with Crippen molar-refractivity contribution in [3.63, 3.8) is 0 Å². The molecule has 0 aliphatic carbocycles. The quantitative estimate of drug-likeness (QED) is 0.846. The van der Waals surface area contributed by atoms with Crippen molar-refractivity contribution in [2.45, 2.75) is 40.0 Å². The van der Waals surface area contributed by atoms with E-state index in [1.807, 2.05) is 56.1 Å². The summed E-state index contributed by atoms with van der Waals surface area (Å²) in [6.45, 7) is 6.70. The van der Waals surface area contributed by atoms with Crippen LogP contribution in [0.1, 0.15) is 29.3 Å². The zero-order chi connectivity index (χ0) is 17.7. The van der Waals surface area contributed by atoms with Crippen molar-refractivity contribution in [1.82, 2.24) is 9.88 Å². The van der Waals surface area contributed by atoms with Gasteiger partial charge in [0.25, 0.3) is 0 Å². The van der Waals surface area contributed by atoms with Gasteiger partial charge in [-0.2, -0.15) is 0 Å². The molecule has 0 aliphatic rings. The van der Waals surface area contributed by atoms with Crippen LogP contribution in [-0.2, 0) is 17.9 Å². The van der Waals surface area contributed by atoms with Gasteiger partial charge < -0.3 is 9.84 Å². The minimum absolute atomic E-state index is 0.428. The molecule has 0 radical (unpaired) electrons. The standard InChI is InChI=1S/C19H24N2O3/c1-13-9-16(11-21(4)15(3)19(22)23)10-14(2)18(13)24-12-17-7-5-6-8-20-17/h5-10,15H,11-12H2,1-4H3,(H,22,23). The molecule has 0 aliphatic heterocycles. The van der Waals surface area contributed by atoms with E-state index in [4.69, 9.17) is 9.84 Å². The summed E-state index contributed by atoms with van der Waals surface area (Å²) >= 11 is 0. The highest BCUT2D eigenvalue weighted by Gasteiger charge is 2.17. The Bertz CT molecular complexity index is 678. The number of aliphatic carboxylic acids is 1. The lowest BCUT2D eigenvalue weighted by molar-refractivity contribution is -0.142. The lowest BCUT2D eigenvalue weighted by atomic mass is 10.0. The maximum Gasteiger partial charge on any atom is 0.320 e. The van der Waals surface area contributed by atoms with Crippen LogP contribution in [0.2, 0.25) is 0 Å². The van der Waals surface area contributed by atoms with E-state index >= 15 is 0 Å². The van der Waals surface area contributed by atoms with Gasteiger partial charge in [-0.05, 0) is 56.6 Å². The summed E-state index contributed by atoms with van der Waals surface area (Å²) in [5, 5.41) is 9.09. The SMILES string of the molecule is Cc1cc(CN(C)C(C)C(=O)O)cc(C)c1OCc1ccccn1. The van der Waals surface area contributed by atoms with Crippen LogP contribution in [0.4, 0.5) is 0 Å². The lowest BCUT2D eigenvalue weighted by Crippen LogP contribution is -2.35. The van der Waals surface area contributed by atoms with Crippen LogP contribution in [0.3, 0.4) is 0 Å². The molecule has 5 nitrogen and oxygen atoms in total. The molecule has 0 saturated heterocycles. The molecule has 1 heterocycles. The van der Waals surface area contributed by atoms with Gasteiger partial charge in [0.1, 0.15) is 18.4 Å². The summed E-state index contributed by atoms with van der Waals surface area (Å²) in [6.07, 6.45) is 1.75. The number of carboxylic acids is 1. The van der Waals surface area contributed by atoms with Gasteiger partial charge in [-0.25, -0.2) is 0 Å². The summed E-state index contributed by atoms with van der Waals surface area (Å²) in [4.78, 5) is 17.1. The normalized spacial score (nSPS) is 12.2. The Morgan fingerprint density at radius 1 is 1.29 bits per heavy atom. The third kappa shape index (κ3) is 4.55. The molecule has 1 aromatic heterocycles. The summed E-state index contributed by atoms with van der Waals surface area (Å²) in [7, 11) is 1.81. The minimum Gasteiger partial charge on any atom is -0.487 e. The Morgan fingerprint density at radius 2 is 1.96 bits per heavy atom. The van der Waals surface area contributed by atoms with Gasteiger partial charge in [0.15, 0.2) is 0 Å². The Kier molecular flexibility index (Phi) is 5.93. The van der Waals surface area contributed by atoms with Crippen LogP contribution >= 0.6 is 0 Å². The molecule has 1 atom stereocenters. The molecule has 0 spiro atoms. The first kappa shape index (κ1) is 17.9. The zero-order valence-electron chi connectivity index (χ0n) is 14.6. The van der Waals surface area contributed by atoms with E-state index in [0.29, 0.717) is 13.2 Å². The van der Waals surface area contributed by atoms with Gasteiger partial charge in [0.2, 0.25) is 0 Å². The van der Waals surface area contributed by atoms with Crippen molar-refractivity contribution < 1.29 is 14.6 Å². The molecule has 0 bridgehead atoms. The highest BCUT2D eigenvalue weighted by Crippen LogP contribution is 2.26. The van der Waals surface area contributed by atoms with Crippen LogP contribution in [0.15, 0.2) is 36.5 Å². The molecule has 128 valence electrons. The van der Waals surface area contributed by atoms with Crippen molar-refractivity contribution in [2.24, 2.45) is 0 Å². The average molecular weight is 328 g/mol. The second-order valence-corrected chi connectivity index (χ2v) is 6.10. The van der Waals surface area contributed by atoms with E-state index < -0.39 is 12.0 Å². The number of hydrogen-bond acceptors (Lipinski definition) is 4. The number of nitrogens with zero attached hydrogens (tertiary/aromatic N) is 2. The fourth-order valence-electron chi connectivity index (χ4n) is 2.60. The topological polar surface area (TPSA) is 62.7 Å². The molecule has 5 heteroatoms. The summed E-state index contributed by atoms with van der Waals surface area (Å²) < 4.78 is 5.93. The third-order valence-corrected chi connectivity index (χ3v) is 4.06. The summed E-state index contributed by atoms with van der Waals surface area (Å²) in [6, 6.07) is 9.32. The number of aromatic nitrogens is 1. The predicted octanol–water partition coefficient (Wildman–Crippen LogP) is 3.18. The molecule has 24 heavy (non-hydrogen) atoms. The fourth-order valence-corrected chi connectivity index (χ4v) is 2.60. The molecule has 2 aromatic rings. The molecular formula is C19H24N2O3. The van der Waals surface area contributed by atoms with E-state index in [1.165, 1.54) is 0 Å².